The molecular weight excluding hydrogens is 505 g/mol. The predicted molar refractivity (Wildman–Crippen MR) is 146 cm³/mol. The zero-order valence-corrected chi connectivity index (χ0v) is 20.4. The van der Waals surface area contributed by atoms with E-state index in [0.717, 1.165) is 12.3 Å². The lowest BCUT2D eigenvalue weighted by molar-refractivity contribution is -0.136. The lowest BCUT2D eigenvalue weighted by Crippen LogP contribution is -2.32. The van der Waals surface area contributed by atoms with Gasteiger partial charge in [-0.2, -0.15) is 13.2 Å². The van der Waals surface area contributed by atoms with E-state index in [0.29, 0.717) is 22.6 Å². The third-order valence-corrected chi connectivity index (χ3v) is 6.27. The molecule has 4 aromatic carbocycles. The molecule has 0 aliphatic rings. The zero-order valence-electron chi connectivity index (χ0n) is 20.4. The summed E-state index contributed by atoms with van der Waals surface area (Å²) in [5.74, 6) is 0. The fourth-order valence-electron chi connectivity index (χ4n) is 4.43. The van der Waals surface area contributed by atoms with Crippen molar-refractivity contribution in [2.24, 2.45) is 0 Å². The van der Waals surface area contributed by atoms with Crippen molar-refractivity contribution >= 4 is 39.7 Å². The normalized spacial score (nSPS) is 12.2. The molecule has 5 aromatic rings. The molecule has 0 fully saturated rings. The van der Waals surface area contributed by atoms with Gasteiger partial charge in [-0.05, 0) is 35.9 Å². The second kappa shape index (κ2) is 10.5. The molecule has 2 amide bonds. The predicted octanol–water partition coefficient (Wildman–Crippen LogP) is 7.29. The first-order valence-corrected chi connectivity index (χ1v) is 12.0. The van der Waals surface area contributed by atoms with E-state index in [1.807, 2.05) is 0 Å². The Labute approximate surface area is 222 Å². The van der Waals surface area contributed by atoms with Gasteiger partial charge in [-0.15, -0.1) is 0 Å². The van der Waals surface area contributed by atoms with Crippen LogP contribution in [0.4, 0.5) is 40.7 Å². The number of hydrogen-bond acceptors (Lipinski definition) is 4. The fourth-order valence-corrected chi connectivity index (χ4v) is 4.43. The summed E-state index contributed by atoms with van der Waals surface area (Å²) in [6.45, 7) is 0. The Morgan fingerprint density at radius 1 is 0.872 bits per heavy atom. The van der Waals surface area contributed by atoms with Gasteiger partial charge in [-0.25, -0.2) is 4.79 Å². The van der Waals surface area contributed by atoms with E-state index in [-0.39, 0.29) is 22.2 Å². The van der Waals surface area contributed by atoms with Gasteiger partial charge in [0, 0.05) is 17.1 Å². The largest absolute Gasteiger partial charge is 0.418 e. The van der Waals surface area contributed by atoms with Crippen LogP contribution in [0.25, 0.3) is 10.9 Å². The van der Waals surface area contributed by atoms with Crippen molar-refractivity contribution in [1.82, 2.24) is 4.98 Å². The van der Waals surface area contributed by atoms with Crippen LogP contribution in [0.1, 0.15) is 22.8 Å². The lowest BCUT2D eigenvalue weighted by Gasteiger charge is -2.26. The zero-order chi connectivity index (χ0) is 27.6. The third-order valence-electron chi connectivity index (χ3n) is 6.27. The fraction of sp³-hybridized carbons (Fsp3) is 0.0667. The van der Waals surface area contributed by atoms with E-state index in [1.54, 1.807) is 84.9 Å². The second-order valence-electron chi connectivity index (χ2n) is 8.76. The maximum atomic E-state index is 13.9. The smallest absolute Gasteiger partial charge is 0.397 e. The number of rotatable bonds is 5. The number of aliphatic hydroxyl groups excluding tert-OH is 1. The molecule has 1 aromatic heterocycles. The maximum Gasteiger partial charge on any atom is 0.418 e. The monoisotopic (exact) mass is 528 g/mol. The van der Waals surface area contributed by atoms with E-state index < -0.39 is 23.9 Å². The molecule has 196 valence electrons. The number of anilines is 4. The average Bonchev–Trinajstić information content (AvgIpc) is 2.94. The number of halogens is 3. The summed E-state index contributed by atoms with van der Waals surface area (Å²) in [6, 6.07) is 26.9. The molecule has 0 radical (unpaired) electrons. The molecule has 5 rings (SSSR count). The molecule has 4 N–H and O–H groups in total. The first kappa shape index (κ1) is 25.7. The number of nitrogens with one attached hydrogen (secondary N) is 1. The van der Waals surface area contributed by atoms with Crippen molar-refractivity contribution in [3.8, 4) is 0 Å². The number of carbonyl (C=O) groups excluding carboxylic acids is 1. The Bertz CT molecular complexity index is 1630. The van der Waals surface area contributed by atoms with E-state index in [2.05, 4.69) is 10.3 Å². The Morgan fingerprint density at radius 2 is 1.51 bits per heavy atom. The molecule has 9 heteroatoms. The number of alkyl halides is 3. The van der Waals surface area contributed by atoms with Crippen molar-refractivity contribution < 1.29 is 23.1 Å². The molecule has 1 atom stereocenters. The number of nitrogens with zero attached hydrogens (tertiary/aromatic N) is 2. The third kappa shape index (κ3) is 5.12. The van der Waals surface area contributed by atoms with Gasteiger partial charge in [0.2, 0.25) is 0 Å². The quantitative estimate of drug-likeness (QED) is 0.209. The van der Waals surface area contributed by atoms with E-state index in [1.165, 1.54) is 17.0 Å². The SMILES string of the molecule is Nc1ccccc1N(C(=O)Nc1c(C(O)c2ccccc2)cnc2c(C(F)(F)F)cccc12)c1ccccc1. The lowest BCUT2D eigenvalue weighted by atomic mass is 9.98. The molecule has 0 saturated heterocycles. The molecular formula is C30H23F3N4O2. The molecule has 0 aliphatic carbocycles. The summed E-state index contributed by atoms with van der Waals surface area (Å²) >= 11 is 0. The molecule has 39 heavy (non-hydrogen) atoms. The first-order chi connectivity index (χ1) is 18.8. The number of aliphatic hydroxyl groups is 1. The van der Waals surface area contributed by atoms with Gasteiger partial charge in [0.1, 0.15) is 6.10 Å². The number of aromatic nitrogens is 1. The molecule has 0 aliphatic heterocycles. The number of pyridine rings is 1. The Balaban J connectivity index is 1.69. The number of para-hydroxylation sites is 4. The van der Waals surface area contributed by atoms with E-state index >= 15 is 0 Å². The number of urea groups is 1. The van der Waals surface area contributed by atoms with Crippen molar-refractivity contribution in [3.05, 3.63) is 126 Å². The van der Waals surface area contributed by atoms with Crippen molar-refractivity contribution in [3.63, 3.8) is 0 Å². The van der Waals surface area contributed by atoms with Gasteiger partial charge >= 0.3 is 12.2 Å². The minimum absolute atomic E-state index is 0.00267. The number of hydrogen-bond donors (Lipinski definition) is 3. The van der Waals surface area contributed by atoms with Crippen molar-refractivity contribution in [2.45, 2.75) is 12.3 Å². The van der Waals surface area contributed by atoms with Gasteiger partial charge in [0.25, 0.3) is 0 Å². The summed E-state index contributed by atoms with van der Waals surface area (Å²) < 4.78 is 41.6. The first-order valence-electron chi connectivity index (χ1n) is 12.0. The highest BCUT2D eigenvalue weighted by Crippen LogP contribution is 2.40. The van der Waals surface area contributed by atoms with Crippen LogP contribution in [0.2, 0.25) is 0 Å². The molecule has 0 spiro atoms. The highest BCUT2D eigenvalue weighted by molar-refractivity contribution is 6.12. The Hall–Kier alpha value is -4.89. The van der Waals surface area contributed by atoms with Gasteiger partial charge < -0.3 is 16.2 Å². The molecule has 0 bridgehead atoms. The van der Waals surface area contributed by atoms with Crippen LogP contribution in [0.5, 0.6) is 0 Å². The van der Waals surface area contributed by atoms with Gasteiger partial charge in [-0.1, -0.05) is 72.8 Å². The molecule has 1 heterocycles. The summed E-state index contributed by atoms with van der Waals surface area (Å²) in [6.07, 6.45) is -4.80. The van der Waals surface area contributed by atoms with Crippen LogP contribution in [0.15, 0.2) is 109 Å². The van der Waals surface area contributed by atoms with Crippen LogP contribution in [0, 0.1) is 0 Å². The number of amides is 2. The standard InChI is InChI=1S/C30H23F3N4O2/c31-30(32,33)23-15-9-14-21-26(22(18-35-27(21)23)28(38)19-10-3-1-4-11-19)36-29(39)37(20-12-5-2-6-13-20)25-17-8-7-16-24(25)34/h1-18,28,38H,34H2,(H,35,36,39). The van der Waals surface area contributed by atoms with Gasteiger partial charge in [0.15, 0.2) is 0 Å². The van der Waals surface area contributed by atoms with Crippen LogP contribution >= 0.6 is 0 Å². The van der Waals surface area contributed by atoms with Crippen LogP contribution < -0.4 is 16.0 Å². The summed E-state index contributed by atoms with van der Waals surface area (Å²) in [5, 5.41) is 14.0. The number of carbonyl (C=O) groups is 1. The molecule has 6 nitrogen and oxygen atoms in total. The summed E-state index contributed by atoms with van der Waals surface area (Å²) in [4.78, 5) is 19.3. The minimum Gasteiger partial charge on any atom is -0.397 e. The average molecular weight is 529 g/mol. The van der Waals surface area contributed by atoms with Crippen molar-refractivity contribution in [1.29, 1.82) is 0 Å². The highest BCUT2D eigenvalue weighted by atomic mass is 19.4. The highest BCUT2D eigenvalue weighted by Gasteiger charge is 2.34. The number of fused-ring (bicyclic) bond motifs is 1. The number of nitrogens with two attached hydrogens (primary N) is 1. The van der Waals surface area contributed by atoms with Crippen LogP contribution in [0.3, 0.4) is 0 Å². The molecule has 1 unspecified atom stereocenters. The minimum atomic E-state index is -4.68. The van der Waals surface area contributed by atoms with Gasteiger partial charge in [-0.3, -0.25) is 9.88 Å². The number of benzene rings is 4. The second-order valence-corrected chi connectivity index (χ2v) is 8.76. The molecule has 0 saturated carbocycles. The Morgan fingerprint density at radius 3 is 2.18 bits per heavy atom. The maximum absolute atomic E-state index is 13.9. The Kier molecular flexibility index (Phi) is 6.91. The van der Waals surface area contributed by atoms with Gasteiger partial charge in [0.05, 0.1) is 33.8 Å². The van der Waals surface area contributed by atoms with Crippen LogP contribution in [-0.2, 0) is 6.18 Å². The summed E-state index contributed by atoms with van der Waals surface area (Å²) in [7, 11) is 0. The van der Waals surface area contributed by atoms with E-state index in [4.69, 9.17) is 5.73 Å². The summed E-state index contributed by atoms with van der Waals surface area (Å²) in [5.41, 5.74) is 6.69. The van der Waals surface area contributed by atoms with Crippen molar-refractivity contribution in [2.75, 3.05) is 16.0 Å². The topological polar surface area (TPSA) is 91.5 Å². The van der Waals surface area contributed by atoms with E-state index in [9.17, 15) is 23.1 Å². The van der Waals surface area contributed by atoms with Crippen LogP contribution in [-0.4, -0.2) is 16.1 Å². The number of nitrogen functional groups attached to an aromatic ring is 1.